The van der Waals surface area contributed by atoms with Crippen molar-refractivity contribution in [3.8, 4) is 0 Å². The van der Waals surface area contributed by atoms with Gasteiger partial charge in [0.2, 0.25) is 0 Å². The van der Waals surface area contributed by atoms with Gasteiger partial charge in [-0.1, -0.05) is 65.2 Å². The van der Waals surface area contributed by atoms with Gasteiger partial charge in [0, 0.05) is 0 Å². The van der Waals surface area contributed by atoms with Crippen LogP contribution in [0.4, 0.5) is 0 Å². The van der Waals surface area contributed by atoms with Crippen molar-refractivity contribution in [1.29, 1.82) is 0 Å². The lowest BCUT2D eigenvalue weighted by Gasteiger charge is -2.22. The summed E-state index contributed by atoms with van der Waals surface area (Å²) in [4.78, 5) is 0. The van der Waals surface area contributed by atoms with Gasteiger partial charge in [0.15, 0.2) is 0 Å². The second kappa shape index (κ2) is 8.64. The van der Waals surface area contributed by atoms with Gasteiger partial charge in [0.1, 0.15) is 0 Å². The predicted molar refractivity (Wildman–Crippen MR) is 87.1 cm³/mol. The van der Waals surface area contributed by atoms with Crippen molar-refractivity contribution < 1.29 is 0 Å². The molecule has 0 heterocycles. The fraction of sp³-hybridized carbons (Fsp3) is 0.667. The first-order chi connectivity index (χ1) is 9.17. The normalized spacial score (nSPS) is 14.4. The van der Waals surface area contributed by atoms with E-state index in [-0.39, 0.29) is 5.38 Å². The second-order valence-corrected chi connectivity index (χ2v) is 5.92. The molecule has 0 N–H and O–H groups in total. The van der Waals surface area contributed by atoms with Gasteiger partial charge in [0.05, 0.1) is 5.38 Å². The van der Waals surface area contributed by atoms with Crippen molar-refractivity contribution >= 4 is 11.6 Å². The van der Waals surface area contributed by atoms with E-state index in [4.69, 9.17) is 11.6 Å². The van der Waals surface area contributed by atoms with Gasteiger partial charge in [-0.15, -0.1) is 11.6 Å². The molecule has 1 aromatic rings. The standard InChI is InChI=1S/C18H29Cl/c1-5-9-10-15(7-3)18(19)17-12-11-14(6-2)16(8-4)13-17/h11-13,15,18H,5-10H2,1-4H3. The van der Waals surface area contributed by atoms with Crippen molar-refractivity contribution in [2.24, 2.45) is 5.92 Å². The fourth-order valence-electron chi connectivity index (χ4n) is 2.79. The maximum Gasteiger partial charge on any atom is 0.0613 e. The van der Waals surface area contributed by atoms with Crippen molar-refractivity contribution in [3.63, 3.8) is 0 Å². The first kappa shape index (κ1) is 16.6. The lowest BCUT2D eigenvalue weighted by atomic mass is 9.89. The molecule has 1 heteroatoms. The van der Waals surface area contributed by atoms with E-state index < -0.39 is 0 Å². The minimum Gasteiger partial charge on any atom is -0.118 e. The van der Waals surface area contributed by atoms with Crippen LogP contribution in [0.5, 0.6) is 0 Å². The predicted octanol–water partition coefficient (Wildman–Crippen LogP) is 6.31. The van der Waals surface area contributed by atoms with Gasteiger partial charge in [-0.3, -0.25) is 0 Å². The zero-order valence-electron chi connectivity index (χ0n) is 13.0. The van der Waals surface area contributed by atoms with E-state index in [0.717, 1.165) is 12.8 Å². The Morgan fingerprint density at radius 1 is 1.00 bits per heavy atom. The zero-order valence-corrected chi connectivity index (χ0v) is 13.8. The third kappa shape index (κ3) is 4.53. The number of hydrogen-bond donors (Lipinski definition) is 0. The molecular weight excluding hydrogens is 252 g/mol. The molecule has 0 saturated carbocycles. The molecule has 0 fully saturated rings. The first-order valence-electron chi connectivity index (χ1n) is 7.93. The Hall–Kier alpha value is -0.490. The molecular formula is C18H29Cl. The number of rotatable bonds is 8. The van der Waals surface area contributed by atoms with Crippen LogP contribution in [0, 0.1) is 5.92 Å². The molecule has 1 aromatic carbocycles. The van der Waals surface area contributed by atoms with Crippen LogP contribution in [-0.4, -0.2) is 0 Å². The number of aryl methyl sites for hydroxylation is 2. The summed E-state index contributed by atoms with van der Waals surface area (Å²) in [6.45, 7) is 8.97. The Bertz CT molecular complexity index is 370. The van der Waals surface area contributed by atoms with Gasteiger partial charge >= 0.3 is 0 Å². The summed E-state index contributed by atoms with van der Waals surface area (Å²) in [5, 5.41) is 0.174. The Labute approximate surface area is 124 Å². The number of halogens is 1. The lowest BCUT2D eigenvalue weighted by molar-refractivity contribution is 0.437. The van der Waals surface area contributed by atoms with Gasteiger partial charge < -0.3 is 0 Å². The molecule has 2 atom stereocenters. The highest BCUT2D eigenvalue weighted by Gasteiger charge is 2.19. The van der Waals surface area contributed by atoms with Crippen LogP contribution in [0.1, 0.15) is 75.4 Å². The molecule has 0 radical (unpaired) electrons. The van der Waals surface area contributed by atoms with Crippen molar-refractivity contribution in [3.05, 3.63) is 34.9 Å². The first-order valence-corrected chi connectivity index (χ1v) is 8.37. The summed E-state index contributed by atoms with van der Waals surface area (Å²) in [6.07, 6.45) is 7.18. The summed E-state index contributed by atoms with van der Waals surface area (Å²) in [5.74, 6) is 0.610. The monoisotopic (exact) mass is 280 g/mol. The number of hydrogen-bond acceptors (Lipinski definition) is 0. The van der Waals surface area contributed by atoms with Crippen molar-refractivity contribution in [2.45, 2.75) is 71.6 Å². The zero-order chi connectivity index (χ0) is 14.3. The van der Waals surface area contributed by atoms with E-state index in [2.05, 4.69) is 45.9 Å². The average Bonchev–Trinajstić information content (AvgIpc) is 2.46. The molecule has 0 aliphatic carbocycles. The van der Waals surface area contributed by atoms with Gasteiger partial charge in [0.25, 0.3) is 0 Å². The van der Waals surface area contributed by atoms with Gasteiger partial charge in [-0.25, -0.2) is 0 Å². The molecule has 19 heavy (non-hydrogen) atoms. The minimum atomic E-state index is 0.174. The molecule has 1 rings (SSSR count). The maximum absolute atomic E-state index is 6.73. The lowest BCUT2D eigenvalue weighted by Crippen LogP contribution is -2.08. The van der Waals surface area contributed by atoms with Gasteiger partial charge in [-0.2, -0.15) is 0 Å². The fourth-order valence-corrected chi connectivity index (χ4v) is 3.23. The largest absolute Gasteiger partial charge is 0.118 e. The molecule has 0 nitrogen and oxygen atoms in total. The molecule has 0 aliphatic heterocycles. The molecule has 0 aliphatic rings. The highest BCUT2D eigenvalue weighted by atomic mass is 35.5. The third-order valence-electron chi connectivity index (χ3n) is 4.18. The van der Waals surface area contributed by atoms with Crippen molar-refractivity contribution in [1.82, 2.24) is 0 Å². The molecule has 0 aromatic heterocycles. The summed E-state index contributed by atoms with van der Waals surface area (Å²) in [5.41, 5.74) is 4.26. The summed E-state index contributed by atoms with van der Waals surface area (Å²) < 4.78 is 0. The highest BCUT2D eigenvalue weighted by molar-refractivity contribution is 6.21. The Morgan fingerprint density at radius 3 is 2.21 bits per heavy atom. The number of benzene rings is 1. The molecule has 0 spiro atoms. The van der Waals surface area contributed by atoms with E-state index >= 15 is 0 Å². The molecule has 108 valence electrons. The Balaban J connectivity index is 2.88. The van der Waals surface area contributed by atoms with Crippen molar-refractivity contribution in [2.75, 3.05) is 0 Å². The Kier molecular flexibility index (Phi) is 7.53. The van der Waals surface area contributed by atoms with Gasteiger partial charge in [-0.05, 0) is 41.9 Å². The van der Waals surface area contributed by atoms with E-state index in [9.17, 15) is 0 Å². The molecule has 0 bridgehead atoms. The smallest absolute Gasteiger partial charge is 0.0613 e. The topological polar surface area (TPSA) is 0 Å². The van der Waals surface area contributed by atoms with Crippen LogP contribution in [0.25, 0.3) is 0 Å². The van der Waals surface area contributed by atoms with Crippen LogP contribution >= 0.6 is 11.6 Å². The number of unbranched alkanes of at least 4 members (excludes halogenated alkanes) is 1. The number of alkyl halides is 1. The maximum atomic E-state index is 6.73. The summed E-state index contributed by atoms with van der Waals surface area (Å²) in [6, 6.07) is 6.85. The van der Waals surface area contributed by atoms with E-state index in [1.165, 1.54) is 42.4 Å². The van der Waals surface area contributed by atoms with E-state index in [0.29, 0.717) is 5.92 Å². The average molecular weight is 281 g/mol. The minimum absolute atomic E-state index is 0.174. The molecule has 0 amide bonds. The summed E-state index contributed by atoms with van der Waals surface area (Å²) in [7, 11) is 0. The SMILES string of the molecule is CCCCC(CC)C(Cl)c1ccc(CC)c(CC)c1. The van der Waals surface area contributed by atoms with Crippen LogP contribution in [-0.2, 0) is 12.8 Å². The van der Waals surface area contributed by atoms with Crippen LogP contribution in [0.15, 0.2) is 18.2 Å². The van der Waals surface area contributed by atoms with E-state index in [1.807, 2.05) is 0 Å². The van der Waals surface area contributed by atoms with E-state index in [1.54, 1.807) is 0 Å². The molecule has 2 unspecified atom stereocenters. The highest BCUT2D eigenvalue weighted by Crippen LogP contribution is 2.35. The quantitative estimate of drug-likeness (QED) is 0.490. The van der Waals surface area contributed by atoms with Crippen LogP contribution in [0.3, 0.4) is 0 Å². The third-order valence-corrected chi connectivity index (χ3v) is 4.79. The van der Waals surface area contributed by atoms with Crippen LogP contribution < -0.4 is 0 Å². The Morgan fingerprint density at radius 2 is 1.68 bits per heavy atom. The van der Waals surface area contributed by atoms with Crippen LogP contribution in [0.2, 0.25) is 0 Å². The molecule has 0 saturated heterocycles. The second-order valence-electron chi connectivity index (χ2n) is 5.45. The summed E-state index contributed by atoms with van der Waals surface area (Å²) >= 11 is 6.73.